The summed E-state index contributed by atoms with van der Waals surface area (Å²) in [5, 5.41) is 18.8. The van der Waals surface area contributed by atoms with Gasteiger partial charge in [-0.15, -0.1) is 20.4 Å². The van der Waals surface area contributed by atoms with Crippen LogP contribution in [0.5, 0.6) is 5.75 Å². The Morgan fingerprint density at radius 1 is 1.03 bits per heavy atom. The van der Waals surface area contributed by atoms with E-state index in [2.05, 4.69) is 20.4 Å². The molecule has 0 spiro atoms. The molecule has 2 aromatic heterocycles. The van der Waals surface area contributed by atoms with Crippen LogP contribution in [-0.4, -0.2) is 32.1 Å². The lowest BCUT2D eigenvalue weighted by molar-refractivity contribution is 0.412. The topological polar surface area (TPSA) is 78.9 Å². The quantitative estimate of drug-likeness (QED) is 0.301. The summed E-state index contributed by atoms with van der Waals surface area (Å²) in [5.74, 6) is 2.98. The van der Waals surface area contributed by atoms with Crippen molar-refractivity contribution in [1.82, 2.24) is 25.0 Å². The van der Waals surface area contributed by atoms with Gasteiger partial charge in [-0.2, -0.15) is 0 Å². The SMILES string of the molecule is COc1ccc(Cl)cc1-n1c(SCc2nnc(C(C)C)o2)nnc1-c1cccc(Cl)c1. The highest BCUT2D eigenvalue weighted by atomic mass is 35.5. The fourth-order valence-corrected chi connectivity index (χ4v) is 4.06. The Balaban J connectivity index is 1.77. The zero-order valence-electron chi connectivity index (χ0n) is 17.0. The minimum Gasteiger partial charge on any atom is -0.495 e. The van der Waals surface area contributed by atoms with Crippen LogP contribution in [0.2, 0.25) is 10.0 Å². The molecule has 0 atom stereocenters. The fraction of sp³-hybridized carbons (Fsp3) is 0.238. The first-order chi connectivity index (χ1) is 15.0. The molecule has 0 aliphatic rings. The monoisotopic (exact) mass is 475 g/mol. The molecule has 0 saturated heterocycles. The number of hydrogen-bond donors (Lipinski definition) is 0. The van der Waals surface area contributed by atoms with Crippen molar-refractivity contribution in [3.05, 3.63) is 64.3 Å². The summed E-state index contributed by atoms with van der Waals surface area (Å²) >= 11 is 13.9. The summed E-state index contributed by atoms with van der Waals surface area (Å²) in [6.07, 6.45) is 0. The Morgan fingerprint density at radius 2 is 1.84 bits per heavy atom. The van der Waals surface area contributed by atoms with Gasteiger partial charge < -0.3 is 9.15 Å². The van der Waals surface area contributed by atoms with Gasteiger partial charge in [0.2, 0.25) is 11.8 Å². The molecule has 0 saturated carbocycles. The molecule has 0 fully saturated rings. The van der Waals surface area contributed by atoms with Gasteiger partial charge in [0.15, 0.2) is 11.0 Å². The number of methoxy groups -OCH3 is 1. The molecule has 0 aliphatic heterocycles. The molecule has 2 heterocycles. The van der Waals surface area contributed by atoms with Crippen molar-refractivity contribution in [2.45, 2.75) is 30.7 Å². The highest BCUT2D eigenvalue weighted by Crippen LogP contribution is 2.35. The summed E-state index contributed by atoms with van der Waals surface area (Å²) < 4.78 is 13.2. The molecule has 0 N–H and O–H groups in total. The highest BCUT2D eigenvalue weighted by molar-refractivity contribution is 7.98. The molecule has 160 valence electrons. The van der Waals surface area contributed by atoms with Gasteiger partial charge in [0.05, 0.1) is 18.6 Å². The number of hydrogen-bond acceptors (Lipinski definition) is 7. The van der Waals surface area contributed by atoms with Crippen molar-refractivity contribution >= 4 is 35.0 Å². The van der Waals surface area contributed by atoms with Crippen molar-refractivity contribution in [1.29, 1.82) is 0 Å². The predicted octanol–water partition coefficient (Wildman–Crippen LogP) is 6.05. The average Bonchev–Trinajstić information content (AvgIpc) is 3.39. The van der Waals surface area contributed by atoms with Gasteiger partial charge in [-0.1, -0.05) is 60.9 Å². The van der Waals surface area contributed by atoms with Crippen LogP contribution in [0.25, 0.3) is 17.1 Å². The second kappa shape index (κ2) is 9.30. The van der Waals surface area contributed by atoms with E-state index in [1.807, 2.05) is 48.7 Å². The summed E-state index contributed by atoms with van der Waals surface area (Å²) in [5.41, 5.74) is 1.53. The van der Waals surface area contributed by atoms with Gasteiger partial charge in [-0.3, -0.25) is 4.57 Å². The maximum atomic E-state index is 6.30. The van der Waals surface area contributed by atoms with E-state index in [1.54, 1.807) is 19.2 Å². The third kappa shape index (κ3) is 4.71. The van der Waals surface area contributed by atoms with Gasteiger partial charge in [0.1, 0.15) is 5.75 Å². The van der Waals surface area contributed by atoms with E-state index >= 15 is 0 Å². The third-order valence-electron chi connectivity index (χ3n) is 4.40. The summed E-state index contributed by atoms with van der Waals surface area (Å²) in [6, 6.07) is 12.8. The predicted molar refractivity (Wildman–Crippen MR) is 121 cm³/mol. The average molecular weight is 476 g/mol. The van der Waals surface area contributed by atoms with Crippen LogP contribution >= 0.6 is 35.0 Å². The van der Waals surface area contributed by atoms with Gasteiger partial charge in [-0.05, 0) is 30.3 Å². The zero-order chi connectivity index (χ0) is 22.0. The molecule has 0 amide bonds. The lowest BCUT2D eigenvalue weighted by Crippen LogP contribution is -2.02. The number of thioether (sulfide) groups is 1. The summed E-state index contributed by atoms with van der Waals surface area (Å²) in [4.78, 5) is 0. The molecule has 4 aromatic rings. The lowest BCUT2D eigenvalue weighted by Gasteiger charge is -2.14. The van der Waals surface area contributed by atoms with Crippen LogP contribution in [0.3, 0.4) is 0 Å². The second-order valence-corrected chi connectivity index (χ2v) is 8.76. The van der Waals surface area contributed by atoms with Crippen LogP contribution in [0.1, 0.15) is 31.5 Å². The molecular formula is C21H19Cl2N5O2S. The highest BCUT2D eigenvalue weighted by Gasteiger charge is 2.21. The van der Waals surface area contributed by atoms with E-state index in [1.165, 1.54) is 11.8 Å². The lowest BCUT2D eigenvalue weighted by atomic mass is 10.2. The van der Waals surface area contributed by atoms with Crippen LogP contribution < -0.4 is 4.74 Å². The van der Waals surface area contributed by atoms with Crippen molar-refractivity contribution in [2.75, 3.05) is 7.11 Å². The molecule has 4 rings (SSSR count). The molecule has 7 nitrogen and oxygen atoms in total. The first kappa shape index (κ1) is 21.7. The van der Waals surface area contributed by atoms with E-state index in [0.29, 0.717) is 50.0 Å². The van der Waals surface area contributed by atoms with Gasteiger partial charge in [0, 0.05) is 21.5 Å². The molecular weight excluding hydrogens is 457 g/mol. The molecule has 0 unspecified atom stereocenters. The van der Waals surface area contributed by atoms with E-state index in [-0.39, 0.29) is 5.92 Å². The van der Waals surface area contributed by atoms with E-state index < -0.39 is 0 Å². The molecule has 31 heavy (non-hydrogen) atoms. The number of halogens is 2. The molecule has 0 aliphatic carbocycles. The Bertz CT molecular complexity index is 1210. The van der Waals surface area contributed by atoms with Gasteiger partial charge in [0.25, 0.3) is 0 Å². The fourth-order valence-electron chi connectivity index (χ4n) is 2.92. The normalized spacial score (nSPS) is 11.3. The molecule has 0 bridgehead atoms. The number of benzene rings is 2. The van der Waals surface area contributed by atoms with Crippen LogP contribution in [0.15, 0.2) is 52.0 Å². The summed E-state index contributed by atoms with van der Waals surface area (Å²) in [6.45, 7) is 4.01. The van der Waals surface area contributed by atoms with Crippen molar-refractivity contribution < 1.29 is 9.15 Å². The smallest absolute Gasteiger partial charge is 0.226 e. The zero-order valence-corrected chi connectivity index (χ0v) is 19.4. The minimum absolute atomic E-state index is 0.167. The van der Waals surface area contributed by atoms with Gasteiger partial charge in [-0.25, -0.2) is 0 Å². The molecule has 2 aromatic carbocycles. The van der Waals surface area contributed by atoms with Crippen LogP contribution in [0, 0.1) is 0 Å². The largest absolute Gasteiger partial charge is 0.495 e. The maximum Gasteiger partial charge on any atom is 0.226 e. The second-order valence-electron chi connectivity index (χ2n) is 6.95. The van der Waals surface area contributed by atoms with Crippen molar-refractivity contribution in [2.24, 2.45) is 0 Å². The first-order valence-corrected chi connectivity index (χ1v) is 11.2. The van der Waals surface area contributed by atoms with Crippen LogP contribution in [-0.2, 0) is 5.75 Å². The minimum atomic E-state index is 0.167. The number of rotatable bonds is 7. The Morgan fingerprint density at radius 3 is 2.55 bits per heavy atom. The summed E-state index contributed by atoms with van der Waals surface area (Å²) in [7, 11) is 1.61. The van der Waals surface area contributed by atoms with Crippen molar-refractivity contribution in [3.63, 3.8) is 0 Å². The Kier molecular flexibility index (Phi) is 6.50. The Labute approximate surface area is 193 Å². The number of nitrogens with zero attached hydrogens (tertiary/aromatic N) is 5. The van der Waals surface area contributed by atoms with Crippen molar-refractivity contribution in [3.8, 4) is 22.8 Å². The van der Waals surface area contributed by atoms with Crippen LogP contribution in [0.4, 0.5) is 0 Å². The number of aromatic nitrogens is 5. The van der Waals surface area contributed by atoms with E-state index in [4.69, 9.17) is 32.4 Å². The molecule has 0 radical (unpaired) electrons. The third-order valence-corrected chi connectivity index (χ3v) is 5.78. The van der Waals surface area contributed by atoms with E-state index in [9.17, 15) is 0 Å². The Hall–Kier alpha value is -2.55. The first-order valence-electron chi connectivity index (χ1n) is 9.46. The van der Waals surface area contributed by atoms with E-state index in [0.717, 1.165) is 5.56 Å². The maximum absolute atomic E-state index is 6.30. The van der Waals surface area contributed by atoms with Gasteiger partial charge >= 0.3 is 0 Å². The number of ether oxygens (including phenoxy) is 1. The standard InChI is InChI=1S/C21H19Cl2N5O2S/c1-12(2)20-26-24-18(30-20)11-31-21-27-25-19(13-5-4-6-14(22)9-13)28(21)16-10-15(23)7-8-17(16)29-3/h4-10,12H,11H2,1-3H3. The molecule has 10 heteroatoms.